The van der Waals surface area contributed by atoms with Gasteiger partial charge in [0.25, 0.3) is 0 Å². The predicted octanol–water partition coefficient (Wildman–Crippen LogP) is 1.18. The summed E-state index contributed by atoms with van der Waals surface area (Å²) in [5, 5.41) is 19.6. The lowest BCUT2D eigenvalue weighted by Gasteiger charge is -2.20. The Morgan fingerprint density at radius 1 is 1.31 bits per heavy atom. The molecule has 0 fully saturated rings. The van der Waals surface area contributed by atoms with Crippen LogP contribution in [0.1, 0.15) is 26.5 Å². The molecular weight excluding hydrogens is 166 g/mol. The molecule has 13 heavy (non-hydrogen) atoms. The zero-order valence-electron chi connectivity index (χ0n) is 8.20. The van der Waals surface area contributed by atoms with Crippen LogP contribution in [0.2, 0.25) is 0 Å². The number of hydrogen-bond acceptors (Lipinski definition) is 4. The number of nitrogens with zero attached hydrogens (tertiary/aromatic N) is 2. The molecule has 0 atom stereocenters. The fourth-order valence-corrected chi connectivity index (χ4v) is 0.895. The molecule has 0 bridgehead atoms. The van der Waals surface area contributed by atoms with Gasteiger partial charge in [0.05, 0.1) is 12.3 Å². The Balaban J connectivity index is 2.70. The molecule has 0 saturated heterocycles. The lowest BCUT2D eigenvalue weighted by atomic mass is 10.1. The summed E-state index contributed by atoms with van der Waals surface area (Å²) in [6, 6.07) is 3.56. The maximum absolute atomic E-state index is 8.74. The monoisotopic (exact) mass is 181 g/mol. The van der Waals surface area contributed by atoms with Gasteiger partial charge in [-0.25, -0.2) is 0 Å². The number of anilines is 1. The number of aliphatic hydroxyl groups is 1. The van der Waals surface area contributed by atoms with Gasteiger partial charge in [-0.1, -0.05) is 0 Å². The molecule has 0 amide bonds. The number of aromatic nitrogens is 2. The molecule has 4 nitrogen and oxygen atoms in total. The third kappa shape index (κ3) is 3.38. The largest absolute Gasteiger partial charge is 0.390 e. The minimum Gasteiger partial charge on any atom is -0.390 e. The van der Waals surface area contributed by atoms with Gasteiger partial charge in [-0.15, -0.1) is 5.10 Å². The highest BCUT2D eigenvalue weighted by molar-refractivity contribution is 5.35. The maximum Gasteiger partial charge on any atom is 0.149 e. The SMILES string of the molecule is CC(C)(C)Nc1ccc(CO)nn1. The Labute approximate surface area is 78.0 Å². The summed E-state index contributed by atoms with van der Waals surface area (Å²) in [6.07, 6.45) is 0. The Morgan fingerprint density at radius 3 is 2.38 bits per heavy atom. The second-order valence-electron chi connectivity index (χ2n) is 3.94. The Bertz CT molecular complexity index is 263. The van der Waals surface area contributed by atoms with Crippen LogP contribution < -0.4 is 5.32 Å². The zero-order chi connectivity index (χ0) is 9.90. The van der Waals surface area contributed by atoms with E-state index in [4.69, 9.17) is 5.11 Å². The smallest absolute Gasteiger partial charge is 0.149 e. The molecule has 0 aliphatic rings. The minimum atomic E-state index is -0.0667. The molecule has 1 rings (SSSR count). The Kier molecular flexibility index (Phi) is 2.83. The molecule has 0 aromatic carbocycles. The third-order valence-electron chi connectivity index (χ3n) is 1.38. The van der Waals surface area contributed by atoms with E-state index >= 15 is 0 Å². The first-order valence-corrected chi connectivity index (χ1v) is 4.23. The molecule has 72 valence electrons. The first-order chi connectivity index (χ1) is 6.01. The van der Waals surface area contributed by atoms with E-state index in [-0.39, 0.29) is 12.1 Å². The van der Waals surface area contributed by atoms with Crippen LogP contribution in [0.4, 0.5) is 5.82 Å². The first-order valence-electron chi connectivity index (χ1n) is 4.23. The maximum atomic E-state index is 8.74. The predicted molar refractivity (Wildman–Crippen MR) is 51.3 cm³/mol. The van der Waals surface area contributed by atoms with Crippen LogP contribution in [0, 0.1) is 0 Å². The van der Waals surface area contributed by atoms with E-state index in [0.29, 0.717) is 5.69 Å². The fourth-order valence-electron chi connectivity index (χ4n) is 0.895. The number of rotatable bonds is 2. The summed E-state index contributed by atoms with van der Waals surface area (Å²) in [5.41, 5.74) is 0.564. The summed E-state index contributed by atoms with van der Waals surface area (Å²) in [7, 11) is 0. The second kappa shape index (κ2) is 3.70. The van der Waals surface area contributed by atoms with Crippen molar-refractivity contribution < 1.29 is 5.11 Å². The van der Waals surface area contributed by atoms with Crippen LogP contribution in [0.5, 0.6) is 0 Å². The lowest BCUT2D eigenvalue weighted by molar-refractivity contribution is 0.275. The van der Waals surface area contributed by atoms with Crippen molar-refractivity contribution in [3.63, 3.8) is 0 Å². The number of nitrogens with one attached hydrogen (secondary N) is 1. The molecule has 4 heteroatoms. The van der Waals surface area contributed by atoms with Crippen molar-refractivity contribution in [2.75, 3.05) is 5.32 Å². The van der Waals surface area contributed by atoms with E-state index in [1.54, 1.807) is 6.07 Å². The molecule has 0 unspecified atom stereocenters. The second-order valence-corrected chi connectivity index (χ2v) is 3.94. The van der Waals surface area contributed by atoms with E-state index in [2.05, 4.69) is 36.3 Å². The topological polar surface area (TPSA) is 58.0 Å². The Morgan fingerprint density at radius 2 is 2.00 bits per heavy atom. The minimum absolute atomic E-state index is 0.0184. The van der Waals surface area contributed by atoms with Gasteiger partial charge in [-0.3, -0.25) is 0 Å². The molecule has 0 spiro atoms. The number of hydrogen-bond donors (Lipinski definition) is 2. The van der Waals surface area contributed by atoms with Gasteiger partial charge in [0.2, 0.25) is 0 Å². The van der Waals surface area contributed by atoms with Crippen molar-refractivity contribution in [1.29, 1.82) is 0 Å². The van der Waals surface area contributed by atoms with E-state index in [0.717, 1.165) is 5.82 Å². The molecule has 1 aromatic heterocycles. The van der Waals surface area contributed by atoms with E-state index < -0.39 is 0 Å². The average molecular weight is 181 g/mol. The number of aliphatic hydroxyl groups excluding tert-OH is 1. The Hall–Kier alpha value is -1.16. The van der Waals surface area contributed by atoms with Crippen LogP contribution in [0.25, 0.3) is 0 Å². The van der Waals surface area contributed by atoms with Gasteiger partial charge in [-0.05, 0) is 32.9 Å². The van der Waals surface area contributed by atoms with Crippen LogP contribution in [0.15, 0.2) is 12.1 Å². The van der Waals surface area contributed by atoms with Crippen molar-refractivity contribution in [3.8, 4) is 0 Å². The van der Waals surface area contributed by atoms with Crippen molar-refractivity contribution in [3.05, 3.63) is 17.8 Å². The van der Waals surface area contributed by atoms with Gasteiger partial charge in [0.1, 0.15) is 5.82 Å². The zero-order valence-corrected chi connectivity index (χ0v) is 8.20. The van der Waals surface area contributed by atoms with Crippen LogP contribution >= 0.6 is 0 Å². The highest BCUT2D eigenvalue weighted by Crippen LogP contribution is 2.10. The van der Waals surface area contributed by atoms with Crippen LogP contribution in [-0.2, 0) is 6.61 Å². The van der Waals surface area contributed by atoms with Crippen molar-refractivity contribution in [1.82, 2.24) is 10.2 Å². The highest BCUT2D eigenvalue weighted by atomic mass is 16.3. The van der Waals surface area contributed by atoms with E-state index in [9.17, 15) is 0 Å². The molecule has 1 heterocycles. The third-order valence-corrected chi connectivity index (χ3v) is 1.38. The standard InChI is InChI=1S/C9H15N3O/c1-9(2,3)10-8-5-4-7(6-13)11-12-8/h4-5,13H,6H2,1-3H3,(H,10,12). The highest BCUT2D eigenvalue weighted by Gasteiger charge is 2.09. The first kappa shape index (κ1) is 9.92. The molecule has 0 aliphatic heterocycles. The van der Waals surface area contributed by atoms with E-state index in [1.165, 1.54) is 0 Å². The van der Waals surface area contributed by atoms with Gasteiger partial charge in [-0.2, -0.15) is 5.10 Å². The fraction of sp³-hybridized carbons (Fsp3) is 0.556. The molecule has 0 radical (unpaired) electrons. The van der Waals surface area contributed by atoms with Gasteiger partial charge in [0, 0.05) is 5.54 Å². The summed E-state index contributed by atoms with van der Waals surface area (Å²) in [5.74, 6) is 0.727. The van der Waals surface area contributed by atoms with Gasteiger partial charge < -0.3 is 10.4 Å². The molecular formula is C9H15N3O. The molecule has 1 aromatic rings. The summed E-state index contributed by atoms with van der Waals surface area (Å²) >= 11 is 0. The van der Waals surface area contributed by atoms with Gasteiger partial charge >= 0.3 is 0 Å². The summed E-state index contributed by atoms with van der Waals surface area (Å²) < 4.78 is 0. The van der Waals surface area contributed by atoms with Crippen LogP contribution in [-0.4, -0.2) is 20.8 Å². The molecule has 2 N–H and O–H groups in total. The quantitative estimate of drug-likeness (QED) is 0.719. The van der Waals surface area contributed by atoms with Crippen LogP contribution in [0.3, 0.4) is 0 Å². The van der Waals surface area contributed by atoms with Gasteiger partial charge in [0.15, 0.2) is 0 Å². The average Bonchev–Trinajstić information content (AvgIpc) is 2.03. The van der Waals surface area contributed by atoms with Crippen molar-refractivity contribution >= 4 is 5.82 Å². The van der Waals surface area contributed by atoms with Crippen molar-refractivity contribution in [2.24, 2.45) is 0 Å². The molecule has 0 saturated carbocycles. The van der Waals surface area contributed by atoms with Crippen molar-refractivity contribution in [2.45, 2.75) is 32.9 Å². The normalized spacial score (nSPS) is 11.4. The summed E-state index contributed by atoms with van der Waals surface area (Å²) in [6.45, 7) is 6.08. The summed E-state index contributed by atoms with van der Waals surface area (Å²) in [4.78, 5) is 0. The molecule has 0 aliphatic carbocycles. The van der Waals surface area contributed by atoms with E-state index in [1.807, 2.05) is 6.07 Å². The lowest BCUT2D eigenvalue weighted by Crippen LogP contribution is -2.26.